The van der Waals surface area contributed by atoms with Crippen LogP contribution in [0.3, 0.4) is 0 Å². The third-order valence-corrected chi connectivity index (χ3v) is 16.0. The topological polar surface area (TPSA) is 214 Å². The van der Waals surface area contributed by atoms with Gasteiger partial charge in [-0.25, -0.2) is 26.8 Å². The van der Waals surface area contributed by atoms with Crippen molar-refractivity contribution in [1.29, 1.82) is 0 Å². The van der Waals surface area contributed by atoms with E-state index in [2.05, 4.69) is 20.6 Å². The molecule has 2 aromatic heterocycles. The zero-order chi connectivity index (χ0) is 52.8. The Hall–Kier alpha value is -5.98. The second-order valence-corrected chi connectivity index (χ2v) is 20.8. The number of sulfonamides is 2. The lowest BCUT2D eigenvalue weighted by Gasteiger charge is -2.26. The van der Waals surface area contributed by atoms with Gasteiger partial charge in [0, 0.05) is 50.9 Å². The second-order valence-electron chi connectivity index (χ2n) is 15.2. The van der Waals surface area contributed by atoms with E-state index in [1.807, 2.05) is 58.2 Å². The van der Waals surface area contributed by atoms with Crippen molar-refractivity contribution in [3.63, 3.8) is 0 Å². The highest BCUT2D eigenvalue weighted by molar-refractivity contribution is 7.89. The summed E-state index contributed by atoms with van der Waals surface area (Å²) in [5, 5.41) is 10.0. The first-order chi connectivity index (χ1) is 35.4. The van der Waals surface area contributed by atoms with Gasteiger partial charge in [0.2, 0.25) is 20.0 Å². The zero-order valence-electron chi connectivity index (χ0n) is 42.1. The largest absolute Gasteiger partial charge is 0.493 e. The SMILES string of the molecule is CC.CC.CCCC(Oc1ccccc1OC)C(=O)Nc1nc(-c2ccc(S(=O)(=O)N3CCOCC3)cc2)cs1.COc1ccccc1OCC(=O)Nc1nc(-c2ccc(S(=O)(=O)N3CCOCC3)cc2)cs1.[HH].[HH]. The smallest absolute Gasteiger partial charge is 0.267 e. The van der Waals surface area contributed by atoms with Gasteiger partial charge in [-0.2, -0.15) is 8.61 Å². The molecular formula is C51H68N6O12S4. The summed E-state index contributed by atoms with van der Waals surface area (Å²) in [6.45, 7) is 12.8. The number of nitrogens with zero attached hydrogens (tertiary/aromatic N) is 4. The van der Waals surface area contributed by atoms with E-state index in [4.69, 9.17) is 28.4 Å². The molecule has 0 spiro atoms. The standard InChI is InChI=1S/C25H29N3O6S2.C22H23N3O6S2.2C2H6.2H2/c1-3-6-23(34-22-8-5-4-7-21(22)32-2)24(29)27-25-26-20(17-35-25)18-9-11-19(12-10-18)36(30,31)28-13-15-33-16-14-28;1-29-19-4-2-3-5-20(19)31-14-21(26)24-22-23-18(15-32-22)16-6-8-17(9-7-16)33(27,28)25-10-12-30-13-11-25;2*1-2;;/h4-5,7-12,17,23H,3,6,13-16H2,1-2H3,(H,26,27,29);2-9,15H,10-14H2,1H3,(H,23,24,26);2*1-2H3;2*1H. The quantitative estimate of drug-likeness (QED) is 0.0821. The van der Waals surface area contributed by atoms with Gasteiger partial charge in [0.15, 0.2) is 46.0 Å². The van der Waals surface area contributed by atoms with E-state index in [0.717, 1.165) is 17.5 Å². The maximum atomic E-state index is 13.0. The van der Waals surface area contributed by atoms with Gasteiger partial charge in [0.1, 0.15) is 0 Å². The fourth-order valence-corrected chi connectivity index (χ4v) is 11.3. The Morgan fingerprint density at radius 3 is 1.48 bits per heavy atom. The zero-order valence-corrected chi connectivity index (χ0v) is 45.3. The number of para-hydroxylation sites is 4. The Balaban J connectivity index is 0.000000363. The lowest BCUT2D eigenvalue weighted by Crippen LogP contribution is -2.40. The van der Waals surface area contributed by atoms with Gasteiger partial charge >= 0.3 is 0 Å². The Bertz CT molecular complexity index is 2880. The first-order valence-electron chi connectivity index (χ1n) is 23.8. The number of hydrogen-bond donors (Lipinski definition) is 2. The first-order valence-corrected chi connectivity index (χ1v) is 28.5. The highest BCUT2D eigenvalue weighted by Gasteiger charge is 2.28. The number of anilines is 2. The molecule has 18 nitrogen and oxygen atoms in total. The number of amides is 2. The maximum absolute atomic E-state index is 13.0. The molecule has 2 fully saturated rings. The molecule has 0 bridgehead atoms. The third kappa shape index (κ3) is 16.0. The molecule has 4 aromatic carbocycles. The van der Waals surface area contributed by atoms with E-state index in [9.17, 15) is 26.4 Å². The van der Waals surface area contributed by atoms with Crippen molar-refractivity contribution in [2.24, 2.45) is 0 Å². The number of methoxy groups -OCH3 is 2. The highest BCUT2D eigenvalue weighted by Crippen LogP contribution is 2.31. The van der Waals surface area contributed by atoms with Gasteiger partial charge in [0.25, 0.3) is 11.8 Å². The van der Waals surface area contributed by atoms with E-state index in [1.165, 1.54) is 38.4 Å². The van der Waals surface area contributed by atoms with E-state index in [1.54, 1.807) is 91.4 Å². The predicted octanol–water partition coefficient (Wildman–Crippen LogP) is 9.43. The molecule has 0 saturated carbocycles. The molecule has 0 radical (unpaired) electrons. The third-order valence-electron chi connectivity index (χ3n) is 10.6. The molecular weight excluding hydrogens is 1020 g/mol. The first kappa shape index (κ1) is 57.9. The number of nitrogens with one attached hydrogen (secondary N) is 2. The Kier molecular flexibility index (Phi) is 23.0. The number of aromatic nitrogens is 2. The monoisotopic (exact) mass is 1080 g/mol. The average molecular weight is 1090 g/mol. The van der Waals surface area contributed by atoms with Crippen LogP contribution in [0.5, 0.6) is 23.0 Å². The minimum absolute atomic E-state index is 0. The summed E-state index contributed by atoms with van der Waals surface area (Å²) in [6.07, 6.45) is 0.584. The Morgan fingerprint density at radius 2 is 1.04 bits per heavy atom. The van der Waals surface area contributed by atoms with Gasteiger partial charge in [0.05, 0.1) is 61.8 Å². The normalized spacial score (nSPS) is 14.3. The molecule has 0 aliphatic carbocycles. The Labute approximate surface area is 439 Å². The van der Waals surface area contributed by atoms with Gasteiger partial charge in [-0.1, -0.05) is 89.6 Å². The molecule has 2 aliphatic rings. The average Bonchev–Trinajstić information content (AvgIpc) is 4.12. The molecule has 6 aromatic rings. The number of carbonyl (C=O) groups is 2. The van der Waals surface area contributed by atoms with Crippen LogP contribution >= 0.6 is 22.7 Å². The van der Waals surface area contributed by atoms with Crippen molar-refractivity contribution in [2.75, 3.05) is 84.1 Å². The number of morpholine rings is 2. The van der Waals surface area contributed by atoms with E-state index in [0.29, 0.717) is 104 Å². The van der Waals surface area contributed by atoms with E-state index in [-0.39, 0.29) is 31.1 Å². The summed E-state index contributed by atoms with van der Waals surface area (Å²) in [7, 11) is -4.03. The number of carbonyl (C=O) groups excluding carboxylic acids is 2. The molecule has 2 aliphatic heterocycles. The minimum Gasteiger partial charge on any atom is -0.493 e. The molecule has 2 amide bonds. The van der Waals surface area contributed by atoms with Crippen LogP contribution in [0.15, 0.2) is 118 Å². The summed E-state index contributed by atoms with van der Waals surface area (Å²) >= 11 is 2.56. The molecule has 1 unspecified atom stereocenters. The molecule has 73 heavy (non-hydrogen) atoms. The molecule has 2 saturated heterocycles. The van der Waals surface area contributed by atoms with E-state index >= 15 is 0 Å². The number of rotatable bonds is 18. The highest BCUT2D eigenvalue weighted by atomic mass is 32.2. The summed E-state index contributed by atoms with van der Waals surface area (Å²) in [5.74, 6) is 1.43. The van der Waals surface area contributed by atoms with Crippen molar-refractivity contribution >= 4 is 64.8 Å². The van der Waals surface area contributed by atoms with Crippen LogP contribution < -0.4 is 29.6 Å². The van der Waals surface area contributed by atoms with Gasteiger partial charge in [-0.05, 0) is 55.0 Å². The maximum Gasteiger partial charge on any atom is 0.267 e. The minimum atomic E-state index is -3.56. The van der Waals surface area contributed by atoms with Crippen LogP contribution in [0.4, 0.5) is 10.3 Å². The van der Waals surface area contributed by atoms with Gasteiger partial charge in [-0.15, -0.1) is 22.7 Å². The van der Waals surface area contributed by atoms with Gasteiger partial charge < -0.3 is 28.4 Å². The van der Waals surface area contributed by atoms with Crippen molar-refractivity contribution in [3.8, 4) is 45.5 Å². The fourth-order valence-electron chi connectivity index (χ4n) is 6.99. The van der Waals surface area contributed by atoms with Crippen molar-refractivity contribution in [2.45, 2.75) is 63.4 Å². The van der Waals surface area contributed by atoms with Crippen molar-refractivity contribution in [1.82, 2.24) is 18.6 Å². The number of benzene rings is 4. The number of hydrogen-bond acceptors (Lipinski definition) is 16. The summed E-state index contributed by atoms with van der Waals surface area (Å²) in [5.41, 5.74) is 2.78. The van der Waals surface area contributed by atoms with Crippen LogP contribution in [0.25, 0.3) is 22.5 Å². The van der Waals surface area contributed by atoms with Crippen LogP contribution in [-0.4, -0.2) is 127 Å². The van der Waals surface area contributed by atoms with Crippen LogP contribution in [0.1, 0.15) is 50.3 Å². The van der Waals surface area contributed by atoms with Crippen LogP contribution in [-0.2, 0) is 39.1 Å². The second kappa shape index (κ2) is 29.0. The van der Waals surface area contributed by atoms with E-state index < -0.39 is 26.2 Å². The summed E-state index contributed by atoms with van der Waals surface area (Å²) in [4.78, 5) is 34.6. The van der Waals surface area contributed by atoms with Crippen LogP contribution in [0, 0.1) is 0 Å². The molecule has 398 valence electrons. The molecule has 8 rings (SSSR count). The summed E-state index contributed by atoms with van der Waals surface area (Å²) in [6, 6.07) is 27.4. The van der Waals surface area contributed by atoms with Crippen molar-refractivity contribution in [3.05, 3.63) is 108 Å². The molecule has 4 heterocycles. The number of ether oxygens (including phenoxy) is 6. The van der Waals surface area contributed by atoms with Crippen molar-refractivity contribution < 1.29 is 57.7 Å². The van der Waals surface area contributed by atoms with Gasteiger partial charge in [-0.3, -0.25) is 20.2 Å². The molecule has 1 atom stereocenters. The lowest BCUT2D eigenvalue weighted by atomic mass is 10.2. The lowest BCUT2D eigenvalue weighted by molar-refractivity contribution is -0.123. The summed E-state index contributed by atoms with van der Waals surface area (Å²) < 4.78 is 86.5. The Morgan fingerprint density at radius 1 is 0.630 bits per heavy atom. The molecule has 22 heteroatoms. The fraction of sp³-hybridized carbons (Fsp3) is 0.373. The molecule has 2 N–H and O–H groups in total. The number of thiazole rings is 2. The van der Waals surface area contributed by atoms with Crippen LogP contribution in [0.2, 0.25) is 0 Å². The predicted molar refractivity (Wildman–Crippen MR) is 289 cm³/mol.